The topological polar surface area (TPSA) is 81.2 Å². The molecule has 0 aliphatic carbocycles. The fourth-order valence-corrected chi connectivity index (χ4v) is 1.64. The van der Waals surface area contributed by atoms with E-state index < -0.39 is 0 Å². The van der Waals surface area contributed by atoms with E-state index in [0.717, 1.165) is 0 Å². The monoisotopic (exact) mass is 269 g/mol. The third kappa shape index (κ3) is 5.13. The maximum atomic E-state index is 11.1. The molecular weight excluding hydrogens is 254 g/mol. The van der Waals surface area contributed by atoms with Crippen molar-refractivity contribution in [2.45, 2.75) is 25.3 Å². The number of thioether (sulfide) groups is 1. The van der Waals surface area contributed by atoms with E-state index in [9.17, 15) is 9.59 Å². The van der Waals surface area contributed by atoms with E-state index in [4.69, 9.17) is 4.74 Å². The molecule has 1 rings (SSSR count). The van der Waals surface area contributed by atoms with Gasteiger partial charge in [0, 0.05) is 6.42 Å². The summed E-state index contributed by atoms with van der Waals surface area (Å²) >= 11 is 1.24. The lowest BCUT2D eigenvalue weighted by Crippen LogP contribution is -2.11. The molecule has 0 bridgehead atoms. The maximum Gasteiger partial charge on any atom is 0.316 e. The Hall–Kier alpha value is -1.63. The van der Waals surface area contributed by atoms with Crippen LogP contribution in [-0.4, -0.2) is 34.4 Å². The van der Waals surface area contributed by atoms with Gasteiger partial charge >= 0.3 is 5.97 Å². The van der Waals surface area contributed by atoms with E-state index >= 15 is 0 Å². The SMILES string of the molecule is CCOC(=O)CSc1ccc(NC(=O)CC)nn1. The molecular formula is C11H15N3O3S. The van der Waals surface area contributed by atoms with Crippen LogP contribution in [0, 0.1) is 0 Å². The highest BCUT2D eigenvalue weighted by molar-refractivity contribution is 7.99. The van der Waals surface area contributed by atoms with Crippen molar-refractivity contribution in [3.63, 3.8) is 0 Å². The number of carbonyl (C=O) groups is 2. The highest BCUT2D eigenvalue weighted by atomic mass is 32.2. The van der Waals surface area contributed by atoms with Crippen LogP contribution in [0.4, 0.5) is 5.82 Å². The molecule has 0 saturated carbocycles. The van der Waals surface area contributed by atoms with E-state index in [2.05, 4.69) is 15.5 Å². The smallest absolute Gasteiger partial charge is 0.316 e. The van der Waals surface area contributed by atoms with E-state index in [1.165, 1.54) is 11.8 Å². The fraction of sp³-hybridized carbons (Fsp3) is 0.455. The molecule has 18 heavy (non-hydrogen) atoms. The van der Waals surface area contributed by atoms with E-state index in [1.54, 1.807) is 26.0 Å². The Morgan fingerprint density at radius 2 is 2.11 bits per heavy atom. The lowest BCUT2D eigenvalue weighted by molar-refractivity contribution is -0.139. The van der Waals surface area contributed by atoms with E-state index in [-0.39, 0.29) is 17.6 Å². The Morgan fingerprint density at radius 3 is 2.67 bits per heavy atom. The molecule has 0 aliphatic rings. The molecule has 1 aromatic rings. The summed E-state index contributed by atoms with van der Waals surface area (Å²) in [5, 5.41) is 10.9. The molecule has 0 aliphatic heterocycles. The molecule has 1 amide bonds. The average molecular weight is 269 g/mol. The number of carbonyl (C=O) groups excluding carboxylic acids is 2. The normalized spacial score (nSPS) is 9.89. The molecule has 7 heteroatoms. The summed E-state index contributed by atoms with van der Waals surface area (Å²) in [6, 6.07) is 3.34. The van der Waals surface area contributed by atoms with Crippen LogP contribution in [-0.2, 0) is 14.3 Å². The van der Waals surface area contributed by atoms with Gasteiger partial charge in [-0.3, -0.25) is 9.59 Å². The maximum absolute atomic E-state index is 11.1. The van der Waals surface area contributed by atoms with Crippen molar-refractivity contribution in [2.75, 3.05) is 17.7 Å². The Bertz CT molecular complexity index is 408. The van der Waals surface area contributed by atoms with Gasteiger partial charge in [0.2, 0.25) is 5.91 Å². The predicted molar refractivity (Wildman–Crippen MR) is 68.3 cm³/mol. The summed E-state index contributed by atoms with van der Waals surface area (Å²) in [4.78, 5) is 22.2. The summed E-state index contributed by atoms with van der Waals surface area (Å²) < 4.78 is 4.79. The average Bonchev–Trinajstić information content (AvgIpc) is 2.38. The van der Waals surface area contributed by atoms with Crippen LogP contribution in [0.3, 0.4) is 0 Å². The molecule has 1 aromatic heterocycles. The zero-order valence-corrected chi connectivity index (χ0v) is 11.1. The lowest BCUT2D eigenvalue weighted by atomic mass is 10.4. The second kappa shape index (κ2) is 7.65. The number of amides is 1. The molecule has 0 radical (unpaired) electrons. The van der Waals surface area contributed by atoms with Gasteiger partial charge in [-0.15, -0.1) is 10.2 Å². The predicted octanol–water partition coefficient (Wildman–Crippen LogP) is 1.48. The highest BCUT2D eigenvalue weighted by Crippen LogP contribution is 2.15. The number of ether oxygens (including phenoxy) is 1. The first kappa shape index (κ1) is 14.4. The van der Waals surface area contributed by atoms with Crippen LogP contribution in [0.15, 0.2) is 17.2 Å². The van der Waals surface area contributed by atoms with Crippen molar-refractivity contribution >= 4 is 29.5 Å². The van der Waals surface area contributed by atoms with Crippen molar-refractivity contribution in [3.8, 4) is 0 Å². The van der Waals surface area contributed by atoms with Gasteiger partial charge < -0.3 is 10.1 Å². The van der Waals surface area contributed by atoms with Crippen LogP contribution in [0.5, 0.6) is 0 Å². The van der Waals surface area contributed by atoms with Crippen LogP contribution in [0.1, 0.15) is 20.3 Å². The molecule has 6 nitrogen and oxygen atoms in total. The standard InChI is InChI=1S/C11H15N3O3S/c1-3-9(15)12-8-5-6-10(14-13-8)18-7-11(16)17-4-2/h5-6H,3-4,7H2,1-2H3,(H,12,13,15). The Balaban J connectivity index is 2.45. The van der Waals surface area contributed by atoms with Gasteiger partial charge in [-0.25, -0.2) is 0 Å². The summed E-state index contributed by atoms with van der Waals surface area (Å²) in [5.74, 6) is 0.203. The summed E-state index contributed by atoms with van der Waals surface area (Å²) in [6.07, 6.45) is 0.390. The fourth-order valence-electron chi connectivity index (χ4n) is 1.03. The molecule has 1 N–H and O–H groups in total. The zero-order valence-electron chi connectivity index (χ0n) is 10.3. The molecule has 1 heterocycles. The molecule has 0 fully saturated rings. The minimum absolute atomic E-state index is 0.115. The largest absolute Gasteiger partial charge is 0.465 e. The Kier molecular flexibility index (Phi) is 6.13. The number of aromatic nitrogens is 2. The number of rotatable bonds is 6. The third-order valence-electron chi connectivity index (χ3n) is 1.87. The van der Waals surface area contributed by atoms with Crippen LogP contribution < -0.4 is 5.32 Å². The van der Waals surface area contributed by atoms with Gasteiger partial charge in [-0.2, -0.15) is 0 Å². The minimum atomic E-state index is -0.285. The van der Waals surface area contributed by atoms with Gasteiger partial charge in [0.25, 0.3) is 0 Å². The summed E-state index contributed by atoms with van der Waals surface area (Å²) in [6.45, 7) is 3.88. The first-order valence-electron chi connectivity index (χ1n) is 5.57. The minimum Gasteiger partial charge on any atom is -0.465 e. The molecule has 98 valence electrons. The van der Waals surface area contributed by atoms with Crippen molar-refractivity contribution in [1.29, 1.82) is 0 Å². The van der Waals surface area contributed by atoms with Crippen molar-refractivity contribution in [1.82, 2.24) is 10.2 Å². The van der Waals surface area contributed by atoms with E-state index in [1.807, 2.05) is 0 Å². The van der Waals surface area contributed by atoms with Crippen LogP contribution in [0.2, 0.25) is 0 Å². The number of esters is 1. The summed E-state index contributed by atoms with van der Waals surface area (Å²) in [5.41, 5.74) is 0. The van der Waals surface area contributed by atoms with Crippen molar-refractivity contribution in [3.05, 3.63) is 12.1 Å². The number of nitrogens with zero attached hydrogens (tertiary/aromatic N) is 2. The molecule has 0 atom stereocenters. The first-order chi connectivity index (χ1) is 8.65. The van der Waals surface area contributed by atoms with Crippen LogP contribution >= 0.6 is 11.8 Å². The van der Waals surface area contributed by atoms with Gasteiger partial charge in [0.05, 0.1) is 12.4 Å². The number of anilines is 1. The third-order valence-corrected chi connectivity index (χ3v) is 2.77. The second-order valence-corrected chi connectivity index (χ2v) is 4.25. The zero-order chi connectivity index (χ0) is 13.4. The molecule has 0 unspecified atom stereocenters. The second-order valence-electron chi connectivity index (χ2n) is 3.25. The molecule has 0 saturated heterocycles. The summed E-state index contributed by atoms with van der Waals surface area (Å²) in [7, 11) is 0. The van der Waals surface area contributed by atoms with Gasteiger partial charge in [-0.1, -0.05) is 18.7 Å². The van der Waals surface area contributed by atoms with Gasteiger partial charge in [0.15, 0.2) is 5.82 Å². The van der Waals surface area contributed by atoms with Crippen molar-refractivity contribution in [2.24, 2.45) is 0 Å². The Labute approximate surface area is 110 Å². The molecule has 0 aromatic carbocycles. The highest BCUT2D eigenvalue weighted by Gasteiger charge is 2.05. The molecule has 0 spiro atoms. The van der Waals surface area contributed by atoms with E-state index in [0.29, 0.717) is 23.9 Å². The Morgan fingerprint density at radius 1 is 1.33 bits per heavy atom. The van der Waals surface area contributed by atoms with Gasteiger partial charge in [0.1, 0.15) is 5.03 Å². The number of nitrogens with one attached hydrogen (secondary N) is 1. The first-order valence-corrected chi connectivity index (χ1v) is 6.56. The quantitative estimate of drug-likeness (QED) is 0.622. The lowest BCUT2D eigenvalue weighted by Gasteiger charge is -2.03. The van der Waals surface area contributed by atoms with Crippen molar-refractivity contribution < 1.29 is 14.3 Å². The van der Waals surface area contributed by atoms with Crippen LogP contribution in [0.25, 0.3) is 0 Å². The number of hydrogen-bond acceptors (Lipinski definition) is 6. The van der Waals surface area contributed by atoms with Gasteiger partial charge in [-0.05, 0) is 19.1 Å². The number of hydrogen-bond donors (Lipinski definition) is 1.